The monoisotopic (exact) mass is 279 g/mol. The molecule has 0 aliphatic heterocycles. The van der Waals surface area contributed by atoms with Crippen LogP contribution in [0.2, 0.25) is 0 Å². The van der Waals surface area contributed by atoms with Gasteiger partial charge in [0, 0.05) is 32.4 Å². The van der Waals surface area contributed by atoms with E-state index in [1.165, 1.54) is 12.0 Å². The average Bonchev–Trinajstić information content (AvgIpc) is 2.45. The number of nitrogens with two attached hydrogens (primary N) is 1. The summed E-state index contributed by atoms with van der Waals surface area (Å²) >= 11 is 0. The third kappa shape index (κ3) is 3.63. The van der Waals surface area contributed by atoms with Crippen LogP contribution in [0.1, 0.15) is 17.3 Å². The molecule has 0 saturated carbocycles. The lowest BCUT2D eigenvalue weighted by atomic mass is 10.1. The summed E-state index contributed by atoms with van der Waals surface area (Å²) in [7, 11) is 4.71. The first-order valence-electron chi connectivity index (χ1n) is 6.31. The summed E-state index contributed by atoms with van der Waals surface area (Å²) in [6.07, 6.45) is 0. The number of nitrogen functional groups attached to an aromatic ring is 1. The van der Waals surface area contributed by atoms with E-state index < -0.39 is 0 Å². The smallest absolute Gasteiger partial charge is 0.257 e. The Balaban J connectivity index is 2.87. The quantitative estimate of drug-likeness (QED) is 0.778. The summed E-state index contributed by atoms with van der Waals surface area (Å²) in [4.78, 5) is 25.3. The number of amides is 2. The third-order valence-corrected chi connectivity index (χ3v) is 3.04. The highest BCUT2D eigenvalue weighted by molar-refractivity contribution is 5.97. The zero-order valence-electron chi connectivity index (χ0n) is 12.3. The SMILES string of the molecule is CNC(=O)C(C)CN(C)C(=O)c1ccc(N)cc1OC. The van der Waals surface area contributed by atoms with Gasteiger partial charge in [-0.05, 0) is 12.1 Å². The molecular formula is C14H21N3O3. The summed E-state index contributed by atoms with van der Waals surface area (Å²) in [5.41, 5.74) is 6.61. The van der Waals surface area contributed by atoms with Crippen LogP contribution in [0.15, 0.2) is 18.2 Å². The predicted molar refractivity (Wildman–Crippen MR) is 77.6 cm³/mol. The molecule has 1 atom stereocenters. The highest BCUT2D eigenvalue weighted by atomic mass is 16.5. The largest absolute Gasteiger partial charge is 0.496 e. The molecule has 6 heteroatoms. The topological polar surface area (TPSA) is 84.7 Å². The fourth-order valence-corrected chi connectivity index (χ4v) is 1.91. The summed E-state index contributed by atoms with van der Waals surface area (Å²) in [5, 5.41) is 2.56. The molecule has 0 aliphatic rings. The fraction of sp³-hybridized carbons (Fsp3) is 0.429. The number of methoxy groups -OCH3 is 1. The number of hydrogen-bond acceptors (Lipinski definition) is 4. The van der Waals surface area contributed by atoms with E-state index in [2.05, 4.69) is 5.32 Å². The molecule has 0 heterocycles. The van der Waals surface area contributed by atoms with Crippen molar-refractivity contribution in [1.29, 1.82) is 0 Å². The van der Waals surface area contributed by atoms with Gasteiger partial charge in [-0.2, -0.15) is 0 Å². The van der Waals surface area contributed by atoms with E-state index in [4.69, 9.17) is 10.5 Å². The van der Waals surface area contributed by atoms with Gasteiger partial charge in [0.15, 0.2) is 0 Å². The maximum absolute atomic E-state index is 12.4. The molecule has 0 aromatic heterocycles. The average molecular weight is 279 g/mol. The first-order chi connectivity index (χ1) is 9.40. The van der Waals surface area contributed by atoms with Crippen molar-refractivity contribution < 1.29 is 14.3 Å². The zero-order valence-corrected chi connectivity index (χ0v) is 12.3. The van der Waals surface area contributed by atoms with E-state index in [1.54, 1.807) is 39.2 Å². The second-order valence-corrected chi connectivity index (χ2v) is 4.66. The molecule has 0 spiro atoms. The Morgan fingerprint density at radius 2 is 2.10 bits per heavy atom. The molecule has 0 fully saturated rings. The number of carbonyl (C=O) groups excluding carboxylic acids is 2. The van der Waals surface area contributed by atoms with Crippen molar-refractivity contribution in [3.05, 3.63) is 23.8 Å². The number of nitrogens with zero attached hydrogens (tertiary/aromatic N) is 1. The van der Waals surface area contributed by atoms with Gasteiger partial charge in [0.1, 0.15) is 5.75 Å². The Bertz CT molecular complexity index is 502. The molecule has 0 bridgehead atoms. The minimum Gasteiger partial charge on any atom is -0.496 e. The van der Waals surface area contributed by atoms with Crippen molar-refractivity contribution in [2.45, 2.75) is 6.92 Å². The van der Waals surface area contributed by atoms with Gasteiger partial charge >= 0.3 is 0 Å². The van der Waals surface area contributed by atoms with Crippen LogP contribution in [0, 0.1) is 5.92 Å². The maximum atomic E-state index is 12.4. The van der Waals surface area contributed by atoms with Gasteiger partial charge in [0.05, 0.1) is 18.6 Å². The minimum atomic E-state index is -0.284. The van der Waals surface area contributed by atoms with Gasteiger partial charge in [0.2, 0.25) is 5.91 Å². The number of hydrogen-bond donors (Lipinski definition) is 2. The van der Waals surface area contributed by atoms with Crippen LogP contribution < -0.4 is 15.8 Å². The number of benzene rings is 1. The molecule has 20 heavy (non-hydrogen) atoms. The van der Waals surface area contributed by atoms with E-state index in [-0.39, 0.29) is 17.7 Å². The van der Waals surface area contributed by atoms with E-state index in [9.17, 15) is 9.59 Å². The van der Waals surface area contributed by atoms with E-state index in [0.717, 1.165) is 0 Å². The van der Waals surface area contributed by atoms with Crippen molar-refractivity contribution in [3.8, 4) is 5.75 Å². The molecule has 6 nitrogen and oxygen atoms in total. The van der Waals surface area contributed by atoms with E-state index in [1.807, 2.05) is 0 Å². The molecule has 1 aromatic carbocycles. The molecule has 2 amide bonds. The second-order valence-electron chi connectivity index (χ2n) is 4.66. The molecule has 110 valence electrons. The number of rotatable bonds is 5. The van der Waals surface area contributed by atoms with Crippen molar-refractivity contribution >= 4 is 17.5 Å². The number of anilines is 1. The van der Waals surface area contributed by atoms with Crippen LogP contribution in [0.3, 0.4) is 0 Å². The molecule has 1 aromatic rings. The lowest BCUT2D eigenvalue weighted by molar-refractivity contribution is -0.124. The standard InChI is InChI=1S/C14H21N3O3/c1-9(13(18)16-2)8-17(3)14(19)11-6-5-10(15)7-12(11)20-4/h5-7,9H,8,15H2,1-4H3,(H,16,18). The summed E-state index contributed by atoms with van der Waals surface area (Å²) in [6, 6.07) is 4.87. The predicted octanol–water partition coefficient (Wildman–Crippen LogP) is 0.732. The molecule has 1 rings (SSSR count). The highest BCUT2D eigenvalue weighted by Crippen LogP contribution is 2.22. The Hall–Kier alpha value is -2.24. The van der Waals surface area contributed by atoms with Crippen molar-refractivity contribution in [2.75, 3.05) is 33.5 Å². The normalized spacial score (nSPS) is 11.6. The summed E-state index contributed by atoms with van der Waals surface area (Å²) < 4.78 is 5.16. The van der Waals surface area contributed by atoms with Crippen LogP contribution in [-0.2, 0) is 4.79 Å². The van der Waals surface area contributed by atoms with Gasteiger partial charge in [-0.25, -0.2) is 0 Å². The Kier molecular flexibility index (Phi) is 5.37. The third-order valence-electron chi connectivity index (χ3n) is 3.04. The van der Waals surface area contributed by atoms with Crippen molar-refractivity contribution in [1.82, 2.24) is 10.2 Å². The van der Waals surface area contributed by atoms with Gasteiger partial charge in [-0.3, -0.25) is 9.59 Å². The van der Waals surface area contributed by atoms with E-state index in [0.29, 0.717) is 23.5 Å². The van der Waals surface area contributed by atoms with Crippen LogP contribution in [0.4, 0.5) is 5.69 Å². The Labute approximate surface area is 118 Å². The number of nitrogens with one attached hydrogen (secondary N) is 1. The molecule has 0 saturated heterocycles. The van der Waals surface area contributed by atoms with Crippen molar-refractivity contribution in [3.63, 3.8) is 0 Å². The zero-order chi connectivity index (χ0) is 15.3. The molecule has 0 radical (unpaired) electrons. The van der Waals surface area contributed by atoms with Crippen LogP contribution >= 0.6 is 0 Å². The van der Waals surface area contributed by atoms with Gasteiger partial charge in [-0.1, -0.05) is 6.92 Å². The van der Waals surface area contributed by atoms with Gasteiger partial charge in [-0.15, -0.1) is 0 Å². The second kappa shape index (κ2) is 6.79. The van der Waals surface area contributed by atoms with Crippen molar-refractivity contribution in [2.24, 2.45) is 5.92 Å². The first-order valence-corrected chi connectivity index (χ1v) is 6.31. The fourth-order valence-electron chi connectivity index (χ4n) is 1.91. The molecule has 1 unspecified atom stereocenters. The van der Waals surface area contributed by atoms with Crippen LogP contribution in [0.25, 0.3) is 0 Å². The number of ether oxygens (including phenoxy) is 1. The maximum Gasteiger partial charge on any atom is 0.257 e. The first kappa shape index (κ1) is 15.8. The minimum absolute atomic E-state index is 0.103. The Morgan fingerprint density at radius 1 is 1.45 bits per heavy atom. The Morgan fingerprint density at radius 3 is 2.65 bits per heavy atom. The van der Waals surface area contributed by atoms with Crippen LogP contribution in [-0.4, -0.2) is 44.5 Å². The van der Waals surface area contributed by atoms with E-state index >= 15 is 0 Å². The summed E-state index contributed by atoms with van der Waals surface area (Å²) in [5.74, 6) is -0.172. The number of carbonyl (C=O) groups is 2. The van der Waals surface area contributed by atoms with Crippen LogP contribution in [0.5, 0.6) is 5.75 Å². The highest BCUT2D eigenvalue weighted by Gasteiger charge is 2.20. The van der Waals surface area contributed by atoms with Gasteiger partial charge in [0.25, 0.3) is 5.91 Å². The molecular weight excluding hydrogens is 258 g/mol. The molecule has 3 N–H and O–H groups in total. The lowest BCUT2D eigenvalue weighted by Gasteiger charge is -2.21. The lowest BCUT2D eigenvalue weighted by Crippen LogP contribution is -2.37. The van der Waals surface area contributed by atoms with Gasteiger partial charge < -0.3 is 20.7 Å². The molecule has 0 aliphatic carbocycles. The summed E-state index contributed by atoms with van der Waals surface area (Å²) in [6.45, 7) is 2.09.